The summed E-state index contributed by atoms with van der Waals surface area (Å²) in [5, 5.41) is 0.608. The molecule has 0 fully saturated rings. The van der Waals surface area contributed by atoms with Gasteiger partial charge in [-0.15, -0.1) is 0 Å². The Hall–Kier alpha value is -3.04. The largest absolute Gasteiger partial charge is 0.294 e. The van der Waals surface area contributed by atoms with E-state index in [9.17, 15) is 4.79 Å². The molecule has 2 heterocycles. The number of hydrogen-bond acceptors (Lipinski definition) is 3. The van der Waals surface area contributed by atoms with Gasteiger partial charge in [-0.25, -0.2) is 0 Å². The molecule has 3 aromatic rings. The summed E-state index contributed by atoms with van der Waals surface area (Å²) in [6.07, 6.45) is 4.86. The number of benzene rings is 2. The van der Waals surface area contributed by atoms with Crippen LogP contribution >= 0.6 is 11.6 Å². The molecule has 0 radical (unpaired) electrons. The van der Waals surface area contributed by atoms with Gasteiger partial charge in [0.2, 0.25) is 0 Å². The van der Waals surface area contributed by atoms with Crippen LogP contribution in [0.4, 0.5) is 0 Å². The van der Waals surface area contributed by atoms with Crippen LogP contribution in [0.2, 0.25) is 5.02 Å². The van der Waals surface area contributed by atoms with Crippen molar-refractivity contribution in [1.29, 1.82) is 0 Å². The van der Waals surface area contributed by atoms with Gasteiger partial charge in [-0.1, -0.05) is 48.0 Å². The SMILES string of the molecule is Cc1cc(C2=NCc3cc4c(cc32)C=C(C(=O)Cc2ccccc2)C4)c(Cl)cn1. The molecule has 5 rings (SSSR count). The number of allylic oxidation sites excluding steroid dienone is 1. The molecule has 0 spiro atoms. The van der Waals surface area contributed by atoms with Crippen molar-refractivity contribution < 1.29 is 4.79 Å². The number of nitrogens with zero attached hydrogens (tertiary/aromatic N) is 2. The molecule has 142 valence electrons. The molecule has 0 bridgehead atoms. The Labute approximate surface area is 174 Å². The lowest BCUT2D eigenvalue weighted by Crippen LogP contribution is -2.06. The maximum Gasteiger partial charge on any atom is 0.163 e. The number of aryl methyl sites for hydroxylation is 1. The molecule has 0 saturated heterocycles. The number of pyridine rings is 1. The number of carbonyl (C=O) groups excluding carboxylic acids is 1. The summed E-state index contributed by atoms with van der Waals surface area (Å²) in [4.78, 5) is 21.8. The molecule has 1 aliphatic heterocycles. The number of aromatic nitrogens is 1. The maximum absolute atomic E-state index is 12.8. The number of rotatable bonds is 4. The fraction of sp³-hybridized carbons (Fsp3) is 0.160. The Morgan fingerprint density at radius 1 is 1.07 bits per heavy atom. The second-order valence-corrected chi connectivity index (χ2v) is 8.02. The van der Waals surface area contributed by atoms with Crippen molar-refractivity contribution in [3.8, 4) is 0 Å². The van der Waals surface area contributed by atoms with Gasteiger partial charge < -0.3 is 0 Å². The lowest BCUT2D eigenvalue weighted by Gasteiger charge is -2.09. The summed E-state index contributed by atoms with van der Waals surface area (Å²) in [6, 6.07) is 16.2. The second kappa shape index (κ2) is 7.09. The summed E-state index contributed by atoms with van der Waals surface area (Å²) >= 11 is 6.40. The molecule has 1 aliphatic carbocycles. The van der Waals surface area contributed by atoms with E-state index in [4.69, 9.17) is 16.6 Å². The quantitative estimate of drug-likeness (QED) is 0.610. The van der Waals surface area contributed by atoms with Crippen LogP contribution in [0.5, 0.6) is 0 Å². The molecular formula is C25H19ClN2O. The van der Waals surface area contributed by atoms with Gasteiger partial charge >= 0.3 is 0 Å². The first-order valence-electron chi connectivity index (χ1n) is 9.69. The smallest absolute Gasteiger partial charge is 0.163 e. The van der Waals surface area contributed by atoms with Crippen molar-refractivity contribution >= 4 is 29.2 Å². The van der Waals surface area contributed by atoms with Crippen LogP contribution in [-0.4, -0.2) is 16.5 Å². The zero-order valence-electron chi connectivity index (χ0n) is 16.1. The molecule has 1 aromatic heterocycles. The average Bonchev–Trinajstić information content (AvgIpc) is 3.32. The van der Waals surface area contributed by atoms with Gasteiger partial charge in [0.25, 0.3) is 0 Å². The molecule has 0 N–H and O–H groups in total. The number of ketones is 1. The number of fused-ring (bicyclic) bond motifs is 2. The minimum atomic E-state index is 0.189. The van der Waals surface area contributed by atoms with Crippen LogP contribution in [0, 0.1) is 6.92 Å². The van der Waals surface area contributed by atoms with Crippen LogP contribution in [0.15, 0.2) is 65.3 Å². The van der Waals surface area contributed by atoms with Gasteiger partial charge in [0.05, 0.1) is 17.3 Å². The first-order valence-corrected chi connectivity index (χ1v) is 10.1. The highest BCUT2D eigenvalue weighted by Gasteiger charge is 2.25. The Morgan fingerprint density at radius 3 is 2.72 bits per heavy atom. The van der Waals surface area contributed by atoms with Gasteiger partial charge in [-0.05, 0) is 47.4 Å². The Bertz CT molecular complexity index is 1210. The lowest BCUT2D eigenvalue weighted by molar-refractivity contribution is -0.114. The average molecular weight is 399 g/mol. The van der Waals surface area contributed by atoms with Gasteiger partial charge in [0, 0.05) is 41.4 Å². The predicted octanol–water partition coefficient (Wildman–Crippen LogP) is 5.15. The van der Waals surface area contributed by atoms with Crippen molar-refractivity contribution in [2.75, 3.05) is 0 Å². The number of hydrogen-bond donors (Lipinski definition) is 0. The molecule has 3 nitrogen and oxygen atoms in total. The highest BCUT2D eigenvalue weighted by molar-refractivity contribution is 6.35. The first-order chi connectivity index (χ1) is 14.1. The summed E-state index contributed by atoms with van der Waals surface area (Å²) in [5.41, 5.74) is 9.27. The fourth-order valence-corrected chi connectivity index (χ4v) is 4.27. The van der Waals surface area contributed by atoms with Crippen LogP contribution in [0.1, 0.15) is 39.1 Å². The topological polar surface area (TPSA) is 42.3 Å². The van der Waals surface area contributed by atoms with E-state index in [1.807, 2.05) is 49.4 Å². The zero-order chi connectivity index (χ0) is 20.0. The molecule has 0 unspecified atom stereocenters. The molecule has 2 aromatic carbocycles. The van der Waals surface area contributed by atoms with E-state index in [2.05, 4.69) is 17.1 Å². The van der Waals surface area contributed by atoms with E-state index in [0.29, 0.717) is 24.4 Å². The number of aliphatic imine (C=N–C) groups is 1. The molecule has 0 saturated carbocycles. The minimum Gasteiger partial charge on any atom is -0.294 e. The van der Waals surface area contributed by atoms with Gasteiger partial charge in [-0.3, -0.25) is 14.8 Å². The van der Waals surface area contributed by atoms with Gasteiger partial charge in [0.1, 0.15) is 0 Å². The van der Waals surface area contributed by atoms with Crippen LogP contribution in [-0.2, 0) is 24.2 Å². The minimum absolute atomic E-state index is 0.189. The third-order valence-corrected chi connectivity index (χ3v) is 5.85. The maximum atomic E-state index is 12.8. The second-order valence-electron chi connectivity index (χ2n) is 7.61. The van der Waals surface area contributed by atoms with E-state index in [1.54, 1.807) is 6.20 Å². The van der Waals surface area contributed by atoms with Crippen LogP contribution in [0.3, 0.4) is 0 Å². The van der Waals surface area contributed by atoms with E-state index in [0.717, 1.165) is 39.2 Å². The molecule has 0 atom stereocenters. The van der Waals surface area contributed by atoms with Crippen molar-refractivity contribution in [2.45, 2.75) is 26.3 Å². The third-order valence-electron chi connectivity index (χ3n) is 5.55. The number of Topliss-reactive ketones (excluding diaryl/α,β-unsaturated/α-hetero) is 1. The van der Waals surface area contributed by atoms with Crippen LogP contribution < -0.4 is 0 Å². The van der Waals surface area contributed by atoms with E-state index < -0.39 is 0 Å². The Balaban J connectivity index is 1.45. The Kier molecular flexibility index (Phi) is 4.40. The monoisotopic (exact) mass is 398 g/mol. The Morgan fingerprint density at radius 2 is 1.90 bits per heavy atom. The molecule has 2 aliphatic rings. The lowest BCUT2D eigenvalue weighted by atomic mass is 9.95. The molecule has 0 amide bonds. The van der Waals surface area contributed by atoms with Crippen molar-refractivity contribution in [3.05, 3.63) is 104 Å². The normalized spacial score (nSPS) is 14.3. The van der Waals surface area contributed by atoms with Crippen molar-refractivity contribution in [1.82, 2.24) is 4.98 Å². The summed E-state index contributed by atoms with van der Waals surface area (Å²) in [5.74, 6) is 0.189. The number of carbonyl (C=O) groups is 1. The third kappa shape index (κ3) is 3.32. The highest BCUT2D eigenvalue weighted by atomic mass is 35.5. The summed E-state index contributed by atoms with van der Waals surface area (Å²) < 4.78 is 0. The van der Waals surface area contributed by atoms with Gasteiger partial charge in [-0.2, -0.15) is 0 Å². The summed E-state index contributed by atoms with van der Waals surface area (Å²) in [6.45, 7) is 2.59. The van der Waals surface area contributed by atoms with E-state index in [1.165, 1.54) is 11.1 Å². The van der Waals surface area contributed by atoms with Gasteiger partial charge in [0.15, 0.2) is 5.78 Å². The van der Waals surface area contributed by atoms with Crippen molar-refractivity contribution in [2.24, 2.45) is 4.99 Å². The molecular weight excluding hydrogens is 380 g/mol. The fourth-order valence-electron chi connectivity index (χ4n) is 4.07. The van der Waals surface area contributed by atoms with Crippen molar-refractivity contribution in [3.63, 3.8) is 0 Å². The first kappa shape index (κ1) is 18.0. The zero-order valence-corrected chi connectivity index (χ0v) is 16.8. The molecule has 29 heavy (non-hydrogen) atoms. The van der Waals surface area contributed by atoms with E-state index >= 15 is 0 Å². The van der Waals surface area contributed by atoms with Crippen LogP contribution in [0.25, 0.3) is 6.08 Å². The standard InChI is InChI=1S/C25H19ClN2O/c1-15-7-22(23(26)14-27-15)25-21-12-18-10-19(9-17(18)11-20(21)13-28-25)24(29)8-16-5-3-2-4-6-16/h2-7,10-12,14H,8-9,13H2,1H3. The summed E-state index contributed by atoms with van der Waals surface area (Å²) in [7, 11) is 0. The predicted molar refractivity (Wildman–Crippen MR) is 117 cm³/mol. The molecule has 4 heteroatoms. The number of halogens is 1. The van der Waals surface area contributed by atoms with E-state index in [-0.39, 0.29) is 5.78 Å². The highest BCUT2D eigenvalue weighted by Crippen LogP contribution is 2.34.